The van der Waals surface area contributed by atoms with Gasteiger partial charge in [-0.2, -0.15) is 0 Å². The van der Waals surface area contributed by atoms with E-state index >= 15 is 0 Å². The second kappa shape index (κ2) is 5.07. The van der Waals surface area contributed by atoms with E-state index in [-0.39, 0.29) is 17.8 Å². The molecule has 2 heterocycles. The molecule has 2 aliphatic rings. The Balaban J connectivity index is 2.17. The van der Waals surface area contributed by atoms with Crippen LogP contribution in [0.4, 0.5) is 4.79 Å². The Morgan fingerprint density at radius 2 is 1.95 bits per heavy atom. The lowest BCUT2D eigenvalue weighted by Crippen LogP contribution is -2.51. The van der Waals surface area contributed by atoms with E-state index in [1.54, 1.807) is 20.8 Å². The summed E-state index contributed by atoms with van der Waals surface area (Å²) in [7, 11) is 0. The van der Waals surface area contributed by atoms with Crippen molar-refractivity contribution in [3.05, 3.63) is 0 Å². The quantitative estimate of drug-likeness (QED) is 0.684. The standard InChI is InChI=1S/C14H21NO5/c1-8(16)19-12-7-10-11(17)6-5-9(12)15(10)13(18)20-14(2,3)4/h9-10,12H,5-7H2,1-4H3/t9-,10-,12+/m1/s1. The van der Waals surface area contributed by atoms with Crippen molar-refractivity contribution < 1.29 is 23.9 Å². The fourth-order valence-electron chi connectivity index (χ4n) is 2.89. The van der Waals surface area contributed by atoms with Crippen LogP contribution >= 0.6 is 0 Å². The van der Waals surface area contributed by atoms with Crippen LogP contribution in [0.15, 0.2) is 0 Å². The van der Waals surface area contributed by atoms with Gasteiger partial charge >= 0.3 is 12.1 Å². The predicted molar refractivity (Wildman–Crippen MR) is 70.1 cm³/mol. The molecule has 2 fully saturated rings. The number of fused-ring (bicyclic) bond motifs is 2. The van der Waals surface area contributed by atoms with Gasteiger partial charge in [0.05, 0.1) is 12.1 Å². The van der Waals surface area contributed by atoms with Crippen molar-refractivity contribution in [3.8, 4) is 0 Å². The Kier molecular flexibility index (Phi) is 3.75. The molecule has 2 rings (SSSR count). The van der Waals surface area contributed by atoms with E-state index in [9.17, 15) is 14.4 Å². The molecule has 1 amide bonds. The largest absolute Gasteiger partial charge is 0.460 e. The molecule has 6 heteroatoms. The zero-order valence-corrected chi connectivity index (χ0v) is 12.3. The molecule has 3 atom stereocenters. The molecule has 0 N–H and O–H groups in total. The minimum atomic E-state index is -0.617. The first-order valence-corrected chi connectivity index (χ1v) is 6.90. The van der Waals surface area contributed by atoms with Crippen molar-refractivity contribution >= 4 is 17.8 Å². The normalized spacial score (nSPS) is 29.3. The molecule has 2 saturated heterocycles. The molecule has 2 bridgehead atoms. The lowest BCUT2D eigenvalue weighted by Gasteiger charge is -2.35. The summed E-state index contributed by atoms with van der Waals surface area (Å²) in [5.41, 5.74) is -0.617. The fraction of sp³-hybridized carbons (Fsp3) is 0.786. The van der Waals surface area contributed by atoms with Gasteiger partial charge < -0.3 is 9.47 Å². The van der Waals surface area contributed by atoms with Crippen molar-refractivity contribution in [2.45, 2.75) is 70.7 Å². The maximum atomic E-state index is 12.3. The number of Topliss-reactive ketones (excluding diaryl/α,β-unsaturated/α-hetero) is 1. The molecule has 0 aromatic heterocycles. The molecule has 2 aliphatic heterocycles. The van der Waals surface area contributed by atoms with E-state index in [2.05, 4.69) is 0 Å². The highest BCUT2D eigenvalue weighted by atomic mass is 16.6. The molecule has 0 spiro atoms. The summed E-state index contributed by atoms with van der Waals surface area (Å²) in [5.74, 6) is -0.374. The third-order valence-electron chi connectivity index (χ3n) is 3.56. The summed E-state index contributed by atoms with van der Waals surface area (Å²) >= 11 is 0. The molecule has 20 heavy (non-hydrogen) atoms. The maximum absolute atomic E-state index is 12.3. The Labute approximate surface area is 118 Å². The molecule has 0 aliphatic carbocycles. The number of ketones is 1. The zero-order valence-electron chi connectivity index (χ0n) is 12.3. The van der Waals surface area contributed by atoms with Crippen LogP contribution in [0, 0.1) is 0 Å². The summed E-state index contributed by atoms with van der Waals surface area (Å²) in [5, 5.41) is 0. The van der Waals surface area contributed by atoms with Gasteiger partial charge in [-0.15, -0.1) is 0 Å². The molecular formula is C14H21NO5. The van der Waals surface area contributed by atoms with Crippen LogP contribution in [0.2, 0.25) is 0 Å². The number of amides is 1. The third-order valence-corrected chi connectivity index (χ3v) is 3.56. The number of carbonyl (C=O) groups is 3. The van der Waals surface area contributed by atoms with Gasteiger partial charge in [-0.25, -0.2) is 4.79 Å². The van der Waals surface area contributed by atoms with Crippen molar-refractivity contribution in [3.63, 3.8) is 0 Å². The molecule has 6 nitrogen and oxygen atoms in total. The Morgan fingerprint density at radius 3 is 2.50 bits per heavy atom. The van der Waals surface area contributed by atoms with Crippen LogP contribution in [0.5, 0.6) is 0 Å². The smallest absolute Gasteiger partial charge is 0.411 e. The number of carbonyl (C=O) groups excluding carboxylic acids is 3. The first-order chi connectivity index (χ1) is 9.19. The Morgan fingerprint density at radius 1 is 1.30 bits per heavy atom. The second-order valence-corrected chi connectivity index (χ2v) is 6.36. The highest BCUT2D eigenvalue weighted by molar-refractivity contribution is 5.90. The van der Waals surface area contributed by atoms with Gasteiger partial charge in [-0.3, -0.25) is 14.5 Å². The van der Waals surface area contributed by atoms with Gasteiger partial charge in [0.2, 0.25) is 0 Å². The lowest BCUT2D eigenvalue weighted by molar-refractivity contribution is -0.147. The van der Waals surface area contributed by atoms with Gasteiger partial charge in [0, 0.05) is 19.8 Å². The molecule has 0 saturated carbocycles. The fourth-order valence-corrected chi connectivity index (χ4v) is 2.89. The van der Waals surface area contributed by atoms with Crippen LogP contribution in [-0.4, -0.2) is 46.5 Å². The summed E-state index contributed by atoms with van der Waals surface area (Å²) in [4.78, 5) is 36.8. The molecule has 0 radical (unpaired) electrons. The molecular weight excluding hydrogens is 262 g/mol. The van der Waals surface area contributed by atoms with E-state index in [1.807, 2.05) is 0 Å². The molecule has 0 aromatic rings. The van der Waals surface area contributed by atoms with E-state index in [4.69, 9.17) is 9.47 Å². The van der Waals surface area contributed by atoms with Crippen LogP contribution < -0.4 is 0 Å². The van der Waals surface area contributed by atoms with Crippen molar-refractivity contribution in [1.29, 1.82) is 0 Å². The summed E-state index contributed by atoms with van der Waals surface area (Å²) in [6.07, 6.45) is 0.410. The first-order valence-electron chi connectivity index (χ1n) is 6.90. The van der Waals surface area contributed by atoms with E-state index < -0.39 is 23.8 Å². The van der Waals surface area contributed by atoms with Crippen molar-refractivity contribution in [2.24, 2.45) is 0 Å². The van der Waals surface area contributed by atoms with Crippen LogP contribution in [-0.2, 0) is 19.1 Å². The Hall–Kier alpha value is -1.59. The maximum Gasteiger partial charge on any atom is 0.411 e. The lowest BCUT2D eigenvalue weighted by atomic mass is 10.0. The zero-order chi connectivity index (χ0) is 15.1. The van der Waals surface area contributed by atoms with E-state index in [1.165, 1.54) is 11.8 Å². The van der Waals surface area contributed by atoms with E-state index in [0.29, 0.717) is 19.3 Å². The molecule has 112 valence electrons. The number of nitrogens with zero attached hydrogens (tertiary/aromatic N) is 1. The monoisotopic (exact) mass is 283 g/mol. The minimum absolute atomic E-state index is 0.0155. The first kappa shape index (κ1) is 14.8. The van der Waals surface area contributed by atoms with Gasteiger partial charge in [-0.1, -0.05) is 0 Å². The number of ether oxygens (including phenoxy) is 2. The number of hydrogen-bond donors (Lipinski definition) is 0. The third kappa shape index (κ3) is 2.94. The van der Waals surface area contributed by atoms with Crippen LogP contribution in [0.25, 0.3) is 0 Å². The number of esters is 1. The number of hydrogen-bond acceptors (Lipinski definition) is 5. The summed E-state index contributed by atoms with van der Waals surface area (Å²) < 4.78 is 10.6. The number of rotatable bonds is 1. The average Bonchev–Trinajstić information content (AvgIpc) is 2.54. The second-order valence-electron chi connectivity index (χ2n) is 6.36. The predicted octanol–water partition coefficient (Wildman–Crippen LogP) is 1.66. The van der Waals surface area contributed by atoms with Crippen LogP contribution in [0.1, 0.15) is 47.0 Å². The van der Waals surface area contributed by atoms with Crippen molar-refractivity contribution in [1.82, 2.24) is 4.90 Å². The topological polar surface area (TPSA) is 72.9 Å². The SMILES string of the molecule is CC(=O)O[C@H]1C[C@@H]2C(=O)CC[C@H]1N2C(=O)OC(C)(C)C. The van der Waals surface area contributed by atoms with Gasteiger partial charge in [0.1, 0.15) is 11.7 Å². The summed E-state index contributed by atoms with van der Waals surface area (Å²) in [6.45, 7) is 6.67. The minimum Gasteiger partial charge on any atom is -0.460 e. The Bertz CT molecular complexity index is 439. The highest BCUT2D eigenvalue weighted by Crippen LogP contribution is 2.36. The van der Waals surface area contributed by atoms with Crippen LogP contribution in [0.3, 0.4) is 0 Å². The average molecular weight is 283 g/mol. The highest BCUT2D eigenvalue weighted by Gasteiger charge is 2.52. The van der Waals surface area contributed by atoms with E-state index in [0.717, 1.165) is 0 Å². The van der Waals surface area contributed by atoms with Gasteiger partial charge in [0.25, 0.3) is 0 Å². The molecule has 0 aromatic carbocycles. The van der Waals surface area contributed by atoms with Crippen molar-refractivity contribution in [2.75, 3.05) is 0 Å². The van der Waals surface area contributed by atoms with Gasteiger partial charge in [-0.05, 0) is 27.2 Å². The van der Waals surface area contributed by atoms with Gasteiger partial charge in [0.15, 0.2) is 5.78 Å². The summed E-state index contributed by atoms with van der Waals surface area (Å²) in [6, 6.07) is -0.774. The molecule has 0 unspecified atom stereocenters. The number of piperidine rings is 1.